The summed E-state index contributed by atoms with van der Waals surface area (Å²) in [5, 5.41) is 10.8. The standard InChI is InChI=1S/C14H28O2.C8H17NO2/c1-2-3-4-5-6-7-8-9-10-11-12-13-14(15)16;1-2-3-4-5-6-7-8-11-9-10/h2-13H2,1H3,(H,15,16);2-8H2,1H3. The lowest BCUT2D eigenvalue weighted by atomic mass is 10.1. The number of nitrogens with zero attached hydrogens (tertiary/aromatic N) is 1. The van der Waals surface area contributed by atoms with Gasteiger partial charge >= 0.3 is 5.97 Å². The molecule has 0 rings (SSSR count). The van der Waals surface area contributed by atoms with Gasteiger partial charge in [-0.3, -0.25) is 4.79 Å². The van der Waals surface area contributed by atoms with Gasteiger partial charge in [0.1, 0.15) is 6.61 Å². The molecule has 0 aliphatic rings. The molecule has 0 aromatic carbocycles. The maximum Gasteiger partial charge on any atom is 0.303 e. The van der Waals surface area contributed by atoms with Gasteiger partial charge in [0.2, 0.25) is 0 Å². The van der Waals surface area contributed by atoms with E-state index in [9.17, 15) is 9.70 Å². The van der Waals surface area contributed by atoms with Crippen LogP contribution in [-0.4, -0.2) is 17.7 Å². The van der Waals surface area contributed by atoms with E-state index in [0.717, 1.165) is 25.7 Å². The smallest absolute Gasteiger partial charge is 0.303 e. The van der Waals surface area contributed by atoms with Gasteiger partial charge < -0.3 is 9.94 Å². The van der Waals surface area contributed by atoms with Crippen molar-refractivity contribution in [1.82, 2.24) is 0 Å². The Morgan fingerprint density at radius 3 is 1.41 bits per heavy atom. The van der Waals surface area contributed by atoms with Crippen molar-refractivity contribution in [2.75, 3.05) is 6.61 Å². The van der Waals surface area contributed by atoms with Crippen molar-refractivity contribution in [2.24, 2.45) is 5.34 Å². The predicted molar refractivity (Wildman–Crippen MR) is 114 cm³/mol. The van der Waals surface area contributed by atoms with Gasteiger partial charge in [-0.2, -0.15) is 0 Å². The number of carboxylic acid groups (broad SMARTS) is 1. The summed E-state index contributed by atoms with van der Waals surface area (Å²) >= 11 is 0. The number of hydrogen-bond donors (Lipinski definition) is 1. The Balaban J connectivity index is 0. The number of carboxylic acids is 1. The van der Waals surface area contributed by atoms with Gasteiger partial charge in [-0.05, 0) is 19.3 Å². The van der Waals surface area contributed by atoms with Crippen LogP contribution in [0.5, 0.6) is 0 Å². The fourth-order valence-corrected chi connectivity index (χ4v) is 2.92. The van der Waals surface area contributed by atoms with Gasteiger partial charge in [0.15, 0.2) is 5.34 Å². The van der Waals surface area contributed by atoms with Gasteiger partial charge in [0.05, 0.1) is 0 Å². The zero-order chi connectivity index (χ0) is 20.4. The minimum atomic E-state index is -0.657. The normalized spacial score (nSPS) is 10.1. The minimum absolute atomic E-state index is 0.344. The molecule has 1 N–H and O–H groups in total. The van der Waals surface area contributed by atoms with Gasteiger partial charge in [-0.1, -0.05) is 104 Å². The molecular formula is C22H45NO4. The van der Waals surface area contributed by atoms with Crippen LogP contribution in [0.4, 0.5) is 0 Å². The van der Waals surface area contributed by atoms with Gasteiger partial charge in [0.25, 0.3) is 0 Å². The zero-order valence-electron chi connectivity index (χ0n) is 18.1. The first-order chi connectivity index (χ1) is 13.2. The van der Waals surface area contributed by atoms with Crippen LogP contribution in [0.2, 0.25) is 0 Å². The summed E-state index contributed by atoms with van der Waals surface area (Å²) in [7, 11) is 0. The first kappa shape index (κ1) is 28.1. The molecule has 5 heteroatoms. The topological polar surface area (TPSA) is 76.0 Å². The molecule has 0 atom stereocenters. The lowest BCUT2D eigenvalue weighted by Crippen LogP contribution is -1.93. The molecule has 0 unspecified atom stereocenters. The first-order valence-corrected chi connectivity index (χ1v) is 11.3. The number of aliphatic carboxylic acids is 1. The highest BCUT2D eigenvalue weighted by molar-refractivity contribution is 5.66. The average Bonchev–Trinajstić information content (AvgIpc) is 2.66. The third-order valence-electron chi connectivity index (χ3n) is 4.64. The molecule has 0 saturated heterocycles. The Hall–Kier alpha value is -1.13. The van der Waals surface area contributed by atoms with Crippen molar-refractivity contribution in [3.05, 3.63) is 4.91 Å². The molecule has 0 amide bonds. The largest absolute Gasteiger partial charge is 0.481 e. The molecule has 0 spiro atoms. The van der Waals surface area contributed by atoms with Crippen LogP contribution < -0.4 is 0 Å². The molecule has 5 nitrogen and oxygen atoms in total. The molecule has 0 aromatic heterocycles. The Kier molecular flexibility index (Phi) is 28.2. The van der Waals surface area contributed by atoms with E-state index < -0.39 is 5.97 Å². The Bertz CT molecular complexity index is 298. The van der Waals surface area contributed by atoms with Crippen LogP contribution >= 0.6 is 0 Å². The summed E-state index contributed by atoms with van der Waals surface area (Å²) in [6.07, 6.45) is 21.6. The van der Waals surface area contributed by atoms with Gasteiger partial charge in [0, 0.05) is 6.42 Å². The molecule has 27 heavy (non-hydrogen) atoms. The van der Waals surface area contributed by atoms with Crippen LogP contribution in [0, 0.1) is 4.91 Å². The van der Waals surface area contributed by atoms with E-state index in [1.165, 1.54) is 83.5 Å². The van der Waals surface area contributed by atoms with Crippen molar-refractivity contribution in [3.8, 4) is 0 Å². The lowest BCUT2D eigenvalue weighted by molar-refractivity contribution is -0.137. The van der Waals surface area contributed by atoms with Gasteiger partial charge in [-0.15, -0.1) is 4.91 Å². The third-order valence-corrected chi connectivity index (χ3v) is 4.64. The van der Waals surface area contributed by atoms with Gasteiger partial charge in [-0.25, -0.2) is 0 Å². The second kappa shape index (κ2) is 27.1. The summed E-state index contributed by atoms with van der Waals surface area (Å²) in [5.41, 5.74) is 0. The van der Waals surface area contributed by atoms with Crippen molar-refractivity contribution >= 4 is 5.97 Å². The average molecular weight is 388 g/mol. The number of hydrogen-bond acceptors (Lipinski definition) is 4. The zero-order valence-corrected chi connectivity index (χ0v) is 18.1. The second-order valence-corrected chi connectivity index (χ2v) is 7.35. The quantitative estimate of drug-likeness (QED) is 0.131. The highest BCUT2D eigenvalue weighted by Gasteiger charge is 1.96. The second-order valence-electron chi connectivity index (χ2n) is 7.35. The lowest BCUT2D eigenvalue weighted by Gasteiger charge is -2.01. The molecule has 0 saturated carbocycles. The Labute approximate surface area is 167 Å². The van der Waals surface area contributed by atoms with Crippen molar-refractivity contribution in [1.29, 1.82) is 0 Å². The van der Waals surface area contributed by atoms with Crippen molar-refractivity contribution < 1.29 is 14.7 Å². The highest BCUT2D eigenvalue weighted by Crippen LogP contribution is 2.11. The summed E-state index contributed by atoms with van der Waals surface area (Å²) < 4.78 is 0. The van der Waals surface area contributed by atoms with E-state index in [4.69, 9.17) is 5.11 Å². The molecule has 0 heterocycles. The molecule has 0 fully saturated rings. The SMILES string of the molecule is CCCCCCCCCCCCCC(=O)O.CCCCCCCCON=O. The maximum atomic E-state index is 10.3. The van der Waals surface area contributed by atoms with Crippen LogP contribution in [0.15, 0.2) is 5.34 Å². The van der Waals surface area contributed by atoms with E-state index in [1.54, 1.807) is 0 Å². The first-order valence-electron chi connectivity index (χ1n) is 11.3. The van der Waals surface area contributed by atoms with Crippen molar-refractivity contribution in [2.45, 2.75) is 129 Å². The summed E-state index contributed by atoms with van der Waals surface area (Å²) in [6, 6.07) is 0. The van der Waals surface area contributed by atoms with E-state index in [2.05, 4.69) is 24.0 Å². The summed E-state index contributed by atoms with van der Waals surface area (Å²) in [4.78, 5) is 24.0. The minimum Gasteiger partial charge on any atom is -0.481 e. The molecule has 0 aliphatic heterocycles. The van der Waals surface area contributed by atoms with E-state index in [0.29, 0.717) is 13.0 Å². The Morgan fingerprint density at radius 1 is 0.667 bits per heavy atom. The summed E-state index contributed by atoms with van der Waals surface area (Å²) in [5.74, 6) is -0.657. The van der Waals surface area contributed by atoms with E-state index in [1.807, 2.05) is 0 Å². The van der Waals surface area contributed by atoms with Crippen LogP contribution in [0.3, 0.4) is 0 Å². The maximum absolute atomic E-state index is 10.3. The molecular weight excluding hydrogens is 342 g/mol. The molecule has 0 aromatic rings. The van der Waals surface area contributed by atoms with E-state index >= 15 is 0 Å². The molecule has 162 valence electrons. The molecule has 0 radical (unpaired) electrons. The fourth-order valence-electron chi connectivity index (χ4n) is 2.92. The number of rotatable bonds is 20. The van der Waals surface area contributed by atoms with E-state index in [-0.39, 0.29) is 0 Å². The number of unbranched alkanes of at least 4 members (excludes halogenated alkanes) is 15. The summed E-state index contributed by atoms with van der Waals surface area (Å²) in [6.45, 7) is 4.92. The number of carbonyl (C=O) groups is 1. The predicted octanol–water partition coefficient (Wildman–Crippen LogP) is 7.82. The molecule has 0 aliphatic carbocycles. The van der Waals surface area contributed by atoms with Crippen LogP contribution in [-0.2, 0) is 9.63 Å². The monoisotopic (exact) mass is 387 g/mol. The fraction of sp³-hybridized carbons (Fsp3) is 0.955. The van der Waals surface area contributed by atoms with Crippen LogP contribution in [0.25, 0.3) is 0 Å². The third kappa shape index (κ3) is 32.9. The highest BCUT2D eigenvalue weighted by atomic mass is 16.7. The molecule has 0 bridgehead atoms. The van der Waals surface area contributed by atoms with Crippen LogP contribution in [0.1, 0.15) is 129 Å². The Morgan fingerprint density at radius 2 is 1.04 bits per heavy atom. The van der Waals surface area contributed by atoms with Crippen molar-refractivity contribution in [3.63, 3.8) is 0 Å².